The fraction of sp³-hybridized carbons (Fsp3) is 0.600. The van der Waals surface area contributed by atoms with Crippen LogP contribution in [0.3, 0.4) is 0 Å². The summed E-state index contributed by atoms with van der Waals surface area (Å²) in [6.45, 7) is -2.25. The third-order valence-electron chi connectivity index (χ3n) is 2.17. The summed E-state index contributed by atoms with van der Waals surface area (Å²) in [5.41, 5.74) is 0. The summed E-state index contributed by atoms with van der Waals surface area (Å²) in [5.74, 6) is -4.91. The average Bonchev–Trinajstić information content (AvgIpc) is 2.22. The first kappa shape index (κ1) is 41.5. The summed E-state index contributed by atoms with van der Waals surface area (Å²) in [5, 5.41) is 34.5. The molecular formula is C10H21ClN2Na4O8. The Labute approximate surface area is 239 Å². The molecule has 0 aromatic heterocycles. The van der Waals surface area contributed by atoms with E-state index in [4.69, 9.17) is 20.4 Å². The number of carbonyl (C=O) groups is 4. The van der Waals surface area contributed by atoms with Gasteiger partial charge < -0.3 is 20.4 Å². The minimum absolute atomic E-state index is 0. The van der Waals surface area contributed by atoms with Gasteiger partial charge >= 0.3 is 142 Å². The van der Waals surface area contributed by atoms with Crippen molar-refractivity contribution in [1.29, 1.82) is 0 Å². The molecule has 0 radical (unpaired) electrons. The van der Waals surface area contributed by atoms with Crippen LogP contribution < -0.4 is 0 Å². The van der Waals surface area contributed by atoms with Gasteiger partial charge in [-0.3, -0.25) is 29.0 Å². The normalized spacial score (nSPS) is 8.56. The Morgan fingerprint density at radius 1 is 0.520 bits per heavy atom. The maximum absolute atomic E-state index is 10.6. The predicted octanol–water partition coefficient (Wildman–Crippen LogP) is -4.24. The molecule has 4 N–H and O–H groups in total. The second-order valence-corrected chi connectivity index (χ2v) is 4.00. The third kappa shape index (κ3) is 28.4. The molecule has 0 aromatic carbocycles. The summed E-state index contributed by atoms with van der Waals surface area (Å²) < 4.78 is 0. The fourth-order valence-corrected chi connectivity index (χ4v) is 1.48. The van der Waals surface area contributed by atoms with Crippen LogP contribution in [0.25, 0.3) is 0 Å². The van der Waals surface area contributed by atoms with Crippen LogP contribution >= 0.6 is 12.4 Å². The number of hydrogen-bond acceptors (Lipinski definition) is 6. The Morgan fingerprint density at radius 2 is 0.680 bits per heavy atom. The molecule has 0 bridgehead atoms. The zero-order valence-corrected chi connectivity index (χ0v) is 11.8. The van der Waals surface area contributed by atoms with Gasteiger partial charge in [-0.15, -0.1) is 12.4 Å². The van der Waals surface area contributed by atoms with Gasteiger partial charge in [0.15, 0.2) is 0 Å². The molecular weight excluding hydrogens is 404 g/mol. The van der Waals surface area contributed by atoms with Crippen molar-refractivity contribution in [3.8, 4) is 0 Å². The monoisotopic (exact) mass is 424 g/mol. The fourth-order valence-electron chi connectivity index (χ4n) is 1.48. The maximum atomic E-state index is 10.6. The van der Waals surface area contributed by atoms with Crippen molar-refractivity contribution in [2.75, 3.05) is 39.3 Å². The zero-order valence-electron chi connectivity index (χ0n) is 11.0. The Kier molecular flexibility index (Phi) is 40.0. The minimum atomic E-state index is -1.23. The van der Waals surface area contributed by atoms with Crippen molar-refractivity contribution >= 4 is 155 Å². The van der Waals surface area contributed by atoms with Crippen LogP contribution in [0.5, 0.6) is 0 Å². The van der Waals surface area contributed by atoms with E-state index in [1.165, 1.54) is 0 Å². The van der Waals surface area contributed by atoms with Crippen LogP contribution in [0.15, 0.2) is 0 Å². The molecule has 25 heavy (non-hydrogen) atoms. The molecule has 0 unspecified atom stereocenters. The van der Waals surface area contributed by atoms with E-state index in [0.29, 0.717) is 0 Å². The predicted molar refractivity (Wildman–Crippen MR) is 99.3 cm³/mol. The topological polar surface area (TPSA) is 156 Å². The molecule has 0 saturated carbocycles. The molecule has 0 aliphatic rings. The van der Waals surface area contributed by atoms with E-state index in [2.05, 4.69) is 0 Å². The van der Waals surface area contributed by atoms with Gasteiger partial charge in [-0.2, -0.15) is 0 Å². The van der Waals surface area contributed by atoms with Gasteiger partial charge in [0.1, 0.15) is 0 Å². The van der Waals surface area contributed by atoms with Crippen LogP contribution in [0.2, 0.25) is 0 Å². The summed E-state index contributed by atoms with van der Waals surface area (Å²) in [6, 6.07) is 0. The van der Waals surface area contributed by atoms with Crippen LogP contribution in [-0.2, 0) is 19.2 Å². The van der Waals surface area contributed by atoms with E-state index in [1.807, 2.05) is 0 Å². The Balaban J connectivity index is -0.000000180. The van der Waals surface area contributed by atoms with E-state index < -0.39 is 50.1 Å². The van der Waals surface area contributed by atoms with E-state index in [9.17, 15) is 19.2 Å². The van der Waals surface area contributed by atoms with Crippen molar-refractivity contribution in [1.82, 2.24) is 9.80 Å². The summed E-state index contributed by atoms with van der Waals surface area (Å²) >= 11 is 0. The van der Waals surface area contributed by atoms with E-state index in [-0.39, 0.29) is 144 Å². The number of carboxylic acid groups (broad SMARTS) is 4. The van der Waals surface area contributed by atoms with Gasteiger partial charge in [0, 0.05) is 13.1 Å². The number of aliphatic carboxylic acids is 4. The molecule has 0 saturated heterocycles. The number of hydrogen-bond donors (Lipinski definition) is 4. The molecule has 10 nitrogen and oxygen atoms in total. The van der Waals surface area contributed by atoms with Gasteiger partial charge in [0.25, 0.3) is 0 Å². The molecule has 0 amide bonds. The second-order valence-electron chi connectivity index (χ2n) is 4.00. The number of rotatable bonds is 11. The average molecular weight is 425 g/mol. The molecule has 0 fully saturated rings. The summed E-state index contributed by atoms with van der Waals surface area (Å²) in [4.78, 5) is 44.4. The molecule has 0 rings (SSSR count). The summed E-state index contributed by atoms with van der Waals surface area (Å²) in [7, 11) is 0. The summed E-state index contributed by atoms with van der Waals surface area (Å²) in [6.07, 6.45) is 0. The first-order chi connectivity index (χ1) is 9.20. The van der Waals surface area contributed by atoms with Gasteiger partial charge in [0.05, 0.1) is 26.2 Å². The van der Waals surface area contributed by atoms with Crippen LogP contribution in [0, 0.1) is 0 Å². The molecule has 0 atom stereocenters. The molecule has 0 aliphatic heterocycles. The van der Waals surface area contributed by atoms with Gasteiger partial charge in [-0.25, -0.2) is 0 Å². The second kappa shape index (κ2) is 24.1. The number of carboxylic acids is 4. The standard InChI is InChI=1S/C10H16N2O8.ClH.4Na.4H/c13-7(14)3-11(4-8(15)16)1-2-12(5-9(17)18)6-10(19)20;;;;;;;;;/h1-6H2,(H,13,14)(H,15,16)(H,17,18)(H,19,20);1H;;;;;;;;. The molecule has 0 spiro atoms. The van der Waals surface area contributed by atoms with E-state index >= 15 is 0 Å². The van der Waals surface area contributed by atoms with Crippen molar-refractivity contribution in [3.63, 3.8) is 0 Å². The van der Waals surface area contributed by atoms with Crippen LogP contribution in [0.4, 0.5) is 0 Å². The van der Waals surface area contributed by atoms with E-state index in [0.717, 1.165) is 9.80 Å². The van der Waals surface area contributed by atoms with E-state index in [1.54, 1.807) is 0 Å². The van der Waals surface area contributed by atoms with Gasteiger partial charge in [-0.05, 0) is 0 Å². The quantitative estimate of drug-likeness (QED) is 0.240. The molecule has 130 valence electrons. The van der Waals surface area contributed by atoms with Gasteiger partial charge in [-0.1, -0.05) is 0 Å². The first-order valence-corrected chi connectivity index (χ1v) is 5.52. The van der Waals surface area contributed by atoms with Crippen molar-refractivity contribution in [2.24, 2.45) is 0 Å². The molecule has 0 aromatic rings. The van der Waals surface area contributed by atoms with Crippen LogP contribution in [-0.4, -0.2) is 212 Å². The number of halogens is 1. The Morgan fingerprint density at radius 3 is 0.800 bits per heavy atom. The molecule has 0 aliphatic carbocycles. The Hall–Kier alpha value is 2.09. The SMILES string of the molecule is Cl.O=C(O)CN(CCN(CC(=O)O)CC(=O)O)CC(=O)O.[NaH].[NaH].[NaH].[NaH]. The van der Waals surface area contributed by atoms with Crippen molar-refractivity contribution in [2.45, 2.75) is 0 Å². The van der Waals surface area contributed by atoms with Gasteiger partial charge in [0.2, 0.25) is 0 Å². The molecule has 0 heterocycles. The zero-order chi connectivity index (χ0) is 15.7. The number of nitrogens with zero attached hydrogens (tertiary/aromatic N) is 2. The van der Waals surface area contributed by atoms with Crippen molar-refractivity contribution < 1.29 is 39.6 Å². The van der Waals surface area contributed by atoms with Crippen molar-refractivity contribution in [3.05, 3.63) is 0 Å². The van der Waals surface area contributed by atoms with Crippen LogP contribution in [0.1, 0.15) is 0 Å². The molecule has 15 heteroatoms. The third-order valence-corrected chi connectivity index (χ3v) is 2.17. The first-order valence-electron chi connectivity index (χ1n) is 5.52. The Bertz CT molecular complexity index is 337.